The second-order valence-electron chi connectivity index (χ2n) is 3.66. The minimum absolute atomic E-state index is 0.964. The summed E-state index contributed by atoms with van der Waals surface area (Å²) in [6.07, 6.45) is 4.92. The first-order valence-corrected chi connectivity index (χ1v) is 6.29. The fourth-order valence-corrected chi connectivity index (χ4v) is 2.58. The maximum absolute atomic E-state index is 4.62. The highest BCUT2D eigenvalue weighted by Gasteiger charge is 2.14. The van der Waals surface area contributed by atoms with Crippen molar-refractivity contribution in [3.8, 4) is 0 Å². The van der Waals surface area contributed by atoms with Crippen LogP contribution in [0.5, 0.6) is 0 Å². The molecule has 2 rings (SSSR count). The SMILES string of the molecule is CCSc1nc(C)c2c(n1)CCCC2. The fourth-order valence-electron chi connectivity index (χ4n) is 1.95. The lowest BCUT2D eigenvalue weighted by atomic mass is 9.95. The summed E-state index contributed by atoms with van der Waals surface area (Å²) in [6.45, 7) is 4.26. The third-order valence-electron chi connectivity index (χ3n) is 2.64. The number of nitrogens with zero attached hydrogens (tertiary/aromatic N) is 2. The van der Waals surface area contributed by atoms with Crippen molar-refractivity contribution in [1.29, 1.82) is 0 Å². The average Bonchev–Trinajstić information content (AvgIpc) is 2.18. The molecule has 0 N–H and O–H groups in total. The van der Waals surface area contributed by atoms with Crippen LogP contribution < -0.4 is 0 Å². The Morgan fingerprint density at radius 2 is 2.00 bits per heavy atom. The van der Waals surface area contributed by atoms with Crippen molar-refractivity contribution in [2.75, 3.05) is 5.75 Å². The standard InChI is InChI=1S/C11H16N2S/c1-3-14-11-12-8(2)9-6-4-5-7-10(9)13-11/h3-7H2,1-2H3. The summed E-state index contributed by atoms with van der Waals surface area (Å²) in [6, 6.07) is 0. The number of fused-ring (bicyclic) bond motifs is 1. The van der Waals surface area contributed by atoms with E-state index < -0.39 is 0 Å². The van der Waals surface area contributed by atoms with Gasteiger partial charge in [-0.25, -0.2) is 9.97 Å². The Kier molecular flexibility index (Phi) is 3.06. The van der Waals surface area contributed by atoms with Crippen molar-refractivity contribution in [3.63, 3.8) is 0 Å². The van der Waals surface area contributed by atoms with Gasteiger partial charge in [0.25, 0.3) is 0 Å². The first kappa shape index (κ1) is 9.97. The molecule has 1 aliphatic carbocycles. The Morgan fingerprint density at radius 1 is 1.21 bits per heavy atom. The third-order valence-corrected chi connectivity index (χ3v) is 3.37. The van der Waals surface area contributed by atoms with Crippen LogP contribution in [0.4, 0.5) is 0 Å². The second-order valence-corrected chi connectivity index (χ2v) is 4.89. The largest absolute Gasteiger partial charge is 0.228 e. The summed E-state index contributed by atoms with van der Waals surface area (Å²) in [5.74, 6) is 1.05. The molecular weight excluding hydrogens is 192 g/mol. The topological polar surface area (TPSA) is 25.8 Å². The number of hydrogen-bond donors (Lipinski definition) is 0. The van der Waals surface area contributed by atoms with Crippen molar-refractivity contribution < 1.29 is 0 Å². The Labute approximate surface area is 89.5 Å². The molecule has 0 atom stereocenters. The number of hydrogen-bond acceptors (Lipinski definition) is 3. The lowest BCUT2D eigenvalue weighted by Gasteiger charge is -2.16. The summed E-state index contributed by atoms with van der Waals surface area (Å²) >= 11 is 1.74. The van der Waals surface area contributed by atoms with Crippen LogP contribution in [0, 0.1) is 6.92 Å². The highest BCUT2D eigenvalue weighted by molar-refractivity contribution is 7.99. The molecule has 1 aromatic rings. The van der Waals surface area contributed by atoms with Crippen molar-refractivity contribution in [2.24, 2.45) is 0 Å². The summed E-state index contributed by atoms with van der Waals surface area (Å²) in [5.41, 5.74) is 3.92. The van der Waals surface area contributed by atoms with Crippen molar-refractivity contribution >= 4 is 11.8 Å². The highest BCUT2D eigenvalue weighted by atomic mass is 32.2. The molecule has 2 nitrogen and oxygen atoms in total. The lowest BCUT2D eigenvalue weighted by Crippen LogP contribution is -2.10. The van der Waals surface area contributed by atoms with Gasteiger partial charge < -0.3 is 0 Å². The van der Waals surface area contributed by atoms with Crippen LogP contribution in [-0.4, -0.2) is 15.7 Å². The van der Waals surface area contributed by atoms with Gasteiger partial charge in [-0.05, 0) is 43.9 Å². The lowest BCUT2D eigenvalue weighted by molar-refractivity contribution is 0.642. The molecule has 0 fully saturated rings. The van der Waals surface area contributed by atoms with Crippen LogP contribution in [0.25, 0.3) is 0 Å². The molecule has 3 heteroatoms. The molecule has 76 valence electrons. The predicted octanol–water partition coefficient (Wildman–Crippen LogP) is 2.78. The summed E-state index contributed by atoms with van der Waals surface area (Å²) in [7, 11) is 0. The Hall–Kier alpha value is -0.570. The molecule has 0 aliphatic heterocycles. The zero-order valence-corrected chi connectivity index (χ0v) is 9.65. The summed E-state index contributed by atoms with van der Waals surface area (Å²) in [4.78, 5) is 9.14. The van der Waals surface area contributed by atoms with Gasteiger partial charge in [0.1, 0.15) is 0 Å². The van der Waals surface area contributed by atoms with Crippen LogP contribution in [-0.2, 0) is 12.8 Å². The van der Waals surface area contributed by atoms with E-state index in [0.717, 1.165) is 17.3 Å². The molecule has 0 aromatic carbocycles. The third kappa shape index (κ3) is 1.92. The van der Waals surface area contributed by atoms with Gasteiger partial charge in [-0.2, -0.15) is 0 Å². The Bertz CT molecular complexity index is 336. The van der Waals surface area contributed by atoms with Crippen LogP contribution in [0.15, 0.2) is 5.16 Å². The minimum atomic E-state index is 0.964. The highest BCUT2D eigenvalue weighted by Crippen LogP contribution is 2.24. The molecule has 0 saturated carbocycles. The molecule has 1 aromatic heterocycles. The Balaban J connectivity index is 2.36. The van der Waals surface area contributed by atoms with Gasteiger partial charge in [0.05, 0.1) is 0 Å². The van der Waals surface area contributed by atoms with E-state index in [2.05, 4.69) is 23.8 Å². The number of rotatable bonds is 2. The first-order valence-electron chi connectivity index (χ1n) is 5.30. The molecule has 0 radical (unpaired) electrons. The number of thioether (sulfide) groups is 1. The summed E-state index contributed by atoms with van der Waals surface area (Å²) in [5, 5.41) is 0.964. The van der Waals surface area contributed by atoms with E-state index in [1.165, 1.54) is 36.2 Å². The molecule has 0 spiro atoms. The van der Waals surface area contributed by atoms with E-state index in [9.17, 15) is 0 Å². The first-order chi connectivity index (χ1) is 6.81. The molecule has 14 heavy (non-hydrogen) atoms. The number of aryl methyl sites for hydroxylation is 2. The fraction of sp³-hybridized carbons (Fsp3) is 0.636. The molecule has 1 heterocycles. The predicted molar refractivity (Wildman–Crippen MR) is 59.8 cm³/mol. The van der Waals surface area contributed by atoms with Crippen molar-refractivity contribution in [3.05, 3.63) is 17.0 Å². The zero-order chi connectivity index (χ0) is 9.97. The molecule has 0 bridgehead atoms. The van der Waals surface area contributed by atoms with Crippen LogP contribution in [0.3, 0.4) is 0 Å². The van der Waals surface area contributed by atoms with E-state index in [4.69, 9.17) is 0 Å². The molecule has 1 aliphatic rings. The van der Waals surface area contributed by atoms with Gasteiger partial charge in [0.15, 0.2) is 5.16 Å². The molecule has 0 unspecified atom stereocenters. The van der Waals surface area contributed by atoms with Gasteiger partial charge in [-0.1, -0.05) is 18.7 Å². The minimum Gasteiger partial charge on any atom is -0.228 e. The zero-order valence-electron chi connectivity index (χ0n) is 8.84. The van der Waals surface area contributed by atoms with Gasteiger partial charge >= 0.3 is 0 Å². The normalized spacial score (nSPS) is 15.3. The summed E-state index contributed by atoms with van der Waals surface area (Å²) < 4.78 is 0. The van der Waals surface area contributed by atoms with Crippen LogP contribution in [0.2, 0.25) is 0 Å². The Morgan fingerprint density at radius 3 is 2.79 bits per heavy atom. The van der Waals surface area contributed by atoms with Gasteiger partial charge in [-0.15, -0.1) is 0 Å². The van der Waals surface area contributed by atoms with Crippen LogP contribution in [0.1, 0.15) is 36.7 Å². The van der Waals surface area contributed by atoms with Gasteiger partial charge in [-0.3, -0.25) is 0 Å². The molecular formula is C11H16N2S. The monoisotopic (exact) mass is 208 g/mol. The number of aromatic nitrogens is 2. The maximum Gasteiger partial charge on any atom is 0.187 e. The van der Waals surface area contributed by atoms with E-state index in [0.29, 0.717) is 0 Å². The smallest absolute Gasteiger partial charge is 0.187 e. The van der Waals surface area contributed by atoms with E-state index in [1.807, 2.05) is 0 Å². The maximum atomic E-state index is 4.62. The molecule has 0 saturated heterocycles. The van der Waals surface area contributed by atoms with Gasteiger partial charge in [0.2, 0.25) is 0 Å². The quantitative estimate of drug-likeness (QED) is 0.552. The van der Waals surface area contributed by atoms with Gasteiger partial charge in [0, 0.05) is 11.4 Å². The van der Waals surface area contributed by atoms with Crippen LogP contribution >= 0.6 is 11.8 Å². The van der Waals surface area contributed by atoms with E-state index >= 15 is 0 Å². The van der Waals surface area contributed by atoms with Crippen molar-refractivity contribution in [2.45, 2.75) is 44.7 Å². The van der Waals surface area contributed by atoms with Crippen molar-refractivity contribution in [1.82, 2.24) is 9.97 Å². The van der Waals surface area contributed by atoms with E-state index in [1.54, 1.807) is 11.8 Å². The average molecular weight is 208 g/mol. The second kappa shape index (κ2) is 4.30. The van der Waals surface area contributed by atoms with E-state index in [-0.39, 0.29) is 0 Å². The molecule has 0 amide bonds.